The number of unbranched alkanes of at least 4 members (excludes halogenated alkanes) is 2. The molecule has 298 valence electrons. The van der Waals surface area contributed by atoms with E-state index in [1.807, 2.05) is 24.3 Å². The Morgan fingerprint density at radius 1 is 0.526 bits per heavy atom. The average molecular weight is 821 g/mol. The minimum absolute atomic E-state index is 0.190. The molecule has 4 heterocycles. The highest BCUT2D eigenvalue weighted by Crippen LogP contribution is 2.47. The van der Waals surface area contributed by atoms with Crippen LogP contribution in [0.4, 0.5) is 8.78 Å². The van der Waals surface area contributed by atoms with Gasteiger partial charge in [-0.2, -0.15) is 8.75 Å². The summed E-state index contributed by atoms with van der Waals surface area (Å²) in [4.78, 5) is 14.2. The molecule has 0 saturated heterocycles. The van der Waals surface area contributed by atoms with Gasteiger partial charge in [0, 0.05) is 41.8 Å². The predicted octanol–water partition coefficient (Wildman–Crippen LogP) is 15.3. The molecule has 7 rings (SSSR count). The fourth-order valence-electron chi connectivity index (χ4n) is 8.19. The maximum atomic E-state index is 15.8. The van der Waals surface area contributed by atoms with Crippen LogP contribution in [0.2, 0.25) is 0 Å². The van der Waals surface area contributed by atoms with Crippen molar-refractivity contribution in [2.75, 3.05) is 0 Å². The summed E-state index contributed by atoms with van der Waals surface area (Å²) in [5, 5.41) is 0. The van der Waals surface area contributed by atoms with E-state index in [2.05, 4.69) is 65.8 Å². The number of nitrogens with zero attached hydrogens (tertiary/aromatic N) is 4. The number of halogens is 2. The SMILES string of the molecule is CCCCC(CC)Cc1ccc(-c2ccc(-c3c4nsnc4c(-c4ccc(-c5ccc(CC(CC)CCCC)cc5F)s4)c4nc(CC)c(CC)nc34)s2)c(F)c1. The molecule has 0 aliphatic heterocycles. The van der Waals surface area contributed by atoms with Crippen LogP contribution in [0.3, 0.4) is 0 Å². The van der Waals surface area contributed by atoms with Crippen LogP contribution in [0.5, 0.6) is 0 Å². The minimum atomic E-state index is -0.190. The molecule has 3 aromatic carbocycles. The zero-order valence-electron chi connectivity index (χ0n) is 34.2. The van der Waals surface area contributed by atoms with E-state index in [-0.39, 0.29) is 11.6 Å². The van der Waals surface area contributed by atoms with Gasteiger partial charge >= 0.3 is 0 Å². The lowest BCUT2D eigenvalue weighted by molar-refractivity contribution is 0.448. The van der Waals surface area contributed by atoms with E-state index in [9.17, 15) is 0 Å². The molecule has 7 aromatic rings. The van der Waals surface area contributed by atoms with Crippen molar-refractivity contribution < 1.29 is 8.78 Å². The lowest BCUT2D eigenvalue weighted by Crippen LogP contribution is -2.04. The molecular weight excluding hydrogens is 767 g/mol. The molecule has 0 N–H and O–H groups in total. The van der Waals surface area contributed by atoms with Gasteiger partial charge in [-0.05, 0) is 85.0 Å². The lowest BCUT2D eigenvalue weighted by Gasteiger charge is -2.15. The molecule has 2 atom stereocenters. The Balaban J connectivity index is 1.28. The molecule has 0 bridgehead atoms. The number of fused-ring (bicyclic) bond motifs is 2. The van der Waals surface area contributed by atoms with Crippen molar-refractivity contribution in [2.45, 2.75) is 119 Å². The summed E-state index contributed by atoms with van der Waals surface area (Å²) >= 11 is 4.27. The maximum absolute atomic E-state index is 15.8. The predicted molar refractivity (Wildman–Crippen MR) is 241 cm³/mol. The number of aromatic nitrogens is 4. The van der Waals surface area contributed by atoms with Crippen molar-refractivity contribution in [3.8, 4) is 41.8 Å². The fourth-order valence-corrected chi connectivity index (χ4v) is 10.9. The van der Waals surface area contributed by atoms with Gasteiger partial charge in [0.15, 0.2) is 0 Å². The lowest BCUT2D eigenvalue weighted by atomic mass is 9.91. The Labute approximate surface area is 349 Å². The van der Waals surface area contributed by atoms with Crippen molar-refractivity contribution in [1.82, 2.24) is 18.7 Å². The van der Waals surface area contributed by atoms with E-state index >= 15 is 8.78 Å². The normalized spacial score (nSPS) is 12.9. The first kappa shape index (κ1) is 41.2. The second-order valence-electron chi connectivity index (χ2n) is 15.4. The minimum Gasteiger partial charge on any atom is -0.249 e. The summed E-state index contributed by atoms with van der Waals surface area (Å²) in [5.41, 5.74) is 10.0. The molecule has 0 spiro atoms. The molecule has 9 heteroatoms. The first-order valence-corrected chi connectivity index (χ1v) is 23.4. The van der Waals surface area contributed by atoms with Crippen molar-refractivity contribution in [2.24, 2.45) is 11.8 Å². The van der Waals surface area contributed by atoms with Gasteiger partial charge in [0.05, 0.1) is 23.1 Å². The molecule has 4 aromatic heterocycles. The van der Waals surface area contributed by atoms with Crippen LogP contribution < -0.4 is 0 Å². The molecule has 0 radical (unpaired) electrons. The highest BCUT2D eigenvalue weighted by Gasteiger charge is 2.26. The van der Waals surface area contributed by atoms with E-state index in [1.165, 1.54) is 50.3 Å². The molecule has 0 aliphatic carbocycles. The van der Waals surface area contributed by atoms with Gasteiger partial charge in [-0.3, -0.25) is 0 Å². The van der Waals surface area contributed by atoms with Gasteiger partial charge in [0.25, 0.3) is 0 Å². The molecule has 0 amide bonds. The molecule has 2 unspecified atom stereocenters. The van der Waals surface area contributed by atoms with Gasteiger partial charge in [-0.25, -0.2) is 18.7 Å². The smallest absolute Gasteiger partial charge is 0.132 e. The van der Waals surface area contributed by atoms with Crippen LogP contribution in [-0.4, -0.2) is 18.7 Å². The van der Waals surface area contributed by atoms with Crippen LogP contribution >= 0.6 is 34.4 Å². The zero-order valence-corrected chi connectivity index (χ0v) is 36.6. The van der Waals surface area contributed by atoms with Crippen molar-refractivity contribution in [3.63, 3.8) is 0 Å². The van der Waals surface area contributed by atoms with Crippen LogP contribution in [0.25, 0.3) is 63.8 Å². The van der Waals surface area contributed by atoms with E-state index in [4.69, 9.17) is 18.7 Å². The number of hydrogen-bond donors (Lipinski definition) is 0. The van der Waals surface area contributed by atoms with Crippen LogP contribution in [0.15, 0.2) is 60.7 Å². The fraction of sp³-hybridized carbons (Fsp3) is 0.417. The number of aryl methyl sites for hydroxylation is 2. The van der Waals surface area contributed by atoms with Gasteiger partial charge in [0.2, 0.25) is 0 Å². The van der Waals surface area contributed by atoms with E-state index in [0.717, 1.165) is 114 Å². The van der Waals surface area contributed by atoms with E-state index in [1.54, 1.807) is 34.8 Å². The first-order chi connectivity index (χ1) is 27.8. The van der Waals surface area contributed by atoms with Crippen molar-refractivity contribution >= 4 is 56.5 Å². The zero-order chi connectivity index (χ0) is 40.1. The Hall–Kier alpha value is -3.92. The highest BCUT2D eigenvalue weighted by molar-refractivity contribution is 7.19. The second kappa shape index (κ2) is 18.8. The summed E-state index contributed by atoms with van der Waals surface area (Å²) < 4.78 is 41.4. The maximum Gasteiger partial charge on any atom is 0.132 e. The third kappa shape index (κ3) is 8.76. The summed E-state index contributed by atoms with van der Waals surface area (Å²) in [6.45, 7) is 13.1. The summed E-state index contributed by atoms with van der Waals surface area (Å²) in [6.07, 6.45) is 12.6. The standard InChI is InChI=1S/C48H54F2N4S3/c1-7-13-15-29(9-3)25-31-17-19-33(35(49)27-31)39-21-23-41(55-39)43-45-46(52-38(12-6)37(11-5)51-45)44(48-47(43)53-57-54-48)42-24-22-40(56-42)34-20-18-32(28-36(34)50)26-30(10-4)16-14-8-2/h17-24,27-30H,7-16,25-26H2,1-6H3. The Morgan fingerprint density at radius 3 is 1.32 bits per heavy atom. The molecule has 0 fully saturated rings. The van der Waals surface area contributed by atoms with Crippen LogP contribution in [-0.2, 0) is 25.7 Å². The number of benzene rings is 3. The average Bonchev–Trinajstić information content (AvgIpc) is 4.02. The third-order valence-corrected chi connectivity index (χ3v) is 14.4. The third-order valence-electron chi connectivity index (χ3n) is 11.6. The Bertz CT molecular complexity index is 2290. The highest BCUT2D eigenvalue weighted by atomic mass is 32.1. The number of hydrogen-bond acceptors (Lipinski definition) is 7. The van der Waals surface area contributed by atoms with Crippen LogP contribution in [0.1, 0.15) is 115 Å². The van der Waals surface area contributed by atoms with Gasteiger partial charge in [-0.1, -0.05) is 117 Å². The van der Waals surface area contributed by atoms with Crippen LogP contribution in [0, 0.1) is 23.5 Å². The van der Waals surface area contributed by atoms with Gasteiger partial charge in [0.1, 0.15) is 33.7 Å². The molecule has 0 saturated carbocycles. The molecule has 57 heavy (non-hydrogen) atoms. The summed E-state index contributed by atoms with van der Waals surface area (Å²) in [7, 11) is 0. The van der Waals surface area contributed by atoms with Crippen molar-refractivity contribution in [1.29, 1.82) is 0 Å². The first-order valence-electron chi connectivity index (χ1n) is 21.1. The number of thiophene rings is 2. The molecular formula is C48H54F2N4S3. The quantitative estimate of drug-likeness (QED) is 0.0865. The van der Waals surface area contributed by atoms with Gasteiger partial charge in [-0.15, -0.1) is 22.7 Å². The summed E-state index contributed by atoms with van der Waals surface area (Å²) in [5.74, 6) is 0.764. The van der Waals surface area contributed by atoms with E-state index < -0.39 is 0 Å². The largest absolute Gasteiger partial charge is 0.249 e. The van der Waals surface area contributed by atoms with Gasteiger partial charge < -0.3 is 0 Å². The van der Waals surface area contributed by atoms with Crippen molar-refractivity contribution in [3.05, 3.63) is 94.8 Å². The topological polar surface area (TPSA) is 51.6 Å². The van der Waals surface area contributed by atoms with E-state index in [0.29, 0.717) is 23.0 Å². The number of rotatable bonds is 18. The Kier molecular flexibility index (Phi) is 13.6. The monoisotopic (exact) mass is 820 g/mol. The summed E-state index contributed by atoms with van der Waals surface area (Å²) in [6, 6.07) is 19.7. The second-order valence-corrected chi connectivity index (χ2v) is 18.1. The molecule has 4 nitrogen and oxygen atoms in total. The Morgan fingerprint density at radius 2 is 0.947 bits per heavy atom. The molecule has 0 aliphatic rings.